The van der Waals surface area contributed by atoms with Crippen LogP contribution < -0.4 is 5.69 Å². The zero-order valence-electron chi connectivity index (χ0n) is 8.29. The number of hydrogen-bond acceptors (Lipinski definition) is 4. The lowest BCUT2D eigenvalue weighted by Gasteiger charge is -1.93. The van der Waals surface area contributed by atoms with Gasteiger partial charge in [-0.15, -0.1) is 0 Å². The quantitative estimate of drug-likeness (QED) is 0.563. The molecule has 16 heavy (non-hydrogen) atoms. The monoisotopic (exact) mass is 209 g/mol. The Morgan fingerprint density at radius 2 is 1.81 bits per heavy atom. The average molecular weight is 209 g/mol. The second kappa shape index (κ2) is 3.34. The van der Waals surface area contributed by atoms with Crippen LogP contribution in [0.2, 0.25) is 0 Å². The van der Waals surface area contributed by atoms with Gasteiger partial charge in [0.15, 0.2) is 0 Å². The van der Waals surface area contributed by atoms with Gasteiger partial charge in [-0.3, -0.25) is 4.98 Å². The molecule has 2 heterocycles. The highest BCUT2D eigenvalue weighted by Crippen LogP contribution is 2.17. The van der Waals surface area contributed by atoms with E-state index in [9.17, 15) is 4.79 Å². The molecule has 0 radical (unpaired) electrons. The number of nitrogens with zero attached hydrogens (tertiary/aromatic N) is 3. The highest BCUT2D eigenvalue weighted by Gasteiger charge is 2.05. The molecule has 0 unspecified atom stereocenters. The van der Waals surface area contributed by atoms with Crippen LogP contribution in [0.1, 0.15) is 0 Å². The number of benzene rings is 1. The highest BCUT2D eigenvalue weighted by molar-refractivity contribution is 6.00. The van der Waals surface area contributed by atoms with Crippen LogP contribution in [0.5, 0.6) is 0 Å². The molecule has 0 saturated heterocycles. The molecule has 3 rings (SSSR count). The zero-order chi connectivity index (χ0) is 11.0. The second-order valence-electron chi connectivity index (χ2n) is 3.40. The molecule has 0 amide bonds. The standard InChI is InChI=1S/C12H7N3O/c16-12-14-9-6-5-8-4-2-1-3-7-13-10(8)11(9)15-12/h1-7H. The van der Waals surface area contributed by atoms with Gasteiger partial charge < -0.3 is 0 Å². The van der Waals surface area contributed by atoms with Crippen LogP contribution in [0.3, 0.4) is 0 Å². The van der Waals surface area contributed by atoms with Crippen LogP contribution in [-0.4, -0.2) is 15.0 Å². The SMILES string of the molecule is O=c1nc2ccc3cccccnc3c2n1. The van der Waals surface area contributed by atoms with Crippen LogP contribution in [0.4, 0.5) is 0 Å². The van der Waals surface area contributed by atoms with E-state index < -0.39 is 5.69 Å². The van der Waals surface area contributed by atoms with Gasteiger partial charge in [-0.05, 0) is 12.1 Å². The van der Waals surface area contributed by atoms with Gasteiger partial charge in [0, 0.05) is 11.6 Å². The lowest BCUT2D eigenvalue weighted by atomic mass is 10.2. The maximum Gasteiger partial charge on any atom is 0.368 e. The Kier molecular flexibility index (Phi) is 1.86. The Balaban J connectivity index is 2.60. The Morgan fingerprint density at radius 3 is 2.75 bits per heavy atom. The van der Waals surface area contributed by atoms with Crippen LogP contribution in [0, 0.1) is 0 Å². The Morgan fingerprint density at radius 1 is 0.875 bits per heavy atom. The molecule has 76 valence electrons. The fourth-order valence-corrected chi connectivity index (χ4v) is 1.67. The molecule has 0 aliphatic carbocycles. The summed E-state index contributed by atoms with van der Waals surface area (Å²) in [6.07, 6.45) is 1.68. The van der Waals surface area contributed by atoms with E-state index >= 15 is 0 Å². The van der Waals surface area contributed by atoms with E-state index in [0.717, 1.165) is 5.39 Å². The molecule has 1 aromatic carbocycles. The average Bonchev–Trinajstić information content (AvgIpc) is 2.58. The molecule has 0 atom stereocenters. The van der Waals surface area contributed by atoms with Gasteiger partial charge in [-0.2, -0.15) is 9.97 Å². The lowest BCUT2D eigenvalue weighted by molar-refractivity contribution is 1.21. The minimum atomic E-state index is -0.458. The smallest absolute Gasteiger partial charge is 0.254 e. The topological polar surface area (TPSA) is 55.7 Å². The van der Waals surface area contributed by atoms with Crippen molar-refractivity contribution in [1.29, 1.82) is 0 Å². The number of aromatic nitrogens is 3. The summed E-state index contributed by atoms with van der Waals surface area (Å²) in [6.45, 7) is 0. The van der Waals surface area contributed by atoms with E-state index in [1.54, 1.807) is 12.3 Å². The number of imidazole rings is 1. The summed E-state index contributed by atoms with van der Waals surface area (Å²) in [5.74, 6) is 0. The summed E-state index contributed by atoms with van der Waals surface area (Å²) >= 11 is 0. The largest absolute Gasteiger partial charge is 0.368 e. The summed E-state index contributed by atoms with van der Waals surface area (Å²) in [5.41, 5.74) is 1.41. The van der Waals surface area contributed by atoms with E-state index in [2.05, 4.69) is 15.0 Å². The number of rotatable bonds is 0. The third-order valence-electron chi connectivity index (χ3n) is 2.37. The normalized spacial score (nSPS) is 10.8. The van der Waals surface area contributed by atoms with Crippen molar-refractivity contribution in [2.45, 2.75) is 0 Å². The second-order valence-corrected chi connectivity index (χ2v) is 3.40. The van der Waals surface area contributed by atoms with E-state index in [4.69, 9.17) is 0 Å². The van der Waals surface area contributed by atoms with Crippen molar-refractivity contribution in [1.82, 2.24) is 15.0 Å². The molecular formula is C12H7N3O. The number of hydrogen-bond donors (Lipinski definition) is 0. The van der Waals surface area contributed by atoms with Crippen molar-refractivity contribution in [2.75, 3.05) is 0 Å². The van der Waals surface area contributed by atoms with E-state index in [1.807, 2.05) is 30.3 Å². The molecule has 0 aliphatic rings. The minimum absolute atomic E-state index is 0.458. The van der Waals surface area contributed by atoms with Gasteiger partial charge in [0.05, 0.1) is 11.0 Å². The van der Waals surface area contributed by atoms with Crippen molar-refractivity contribution < 1.29 is 0 Å². The van der Waals surface area contributed by atoms with Crippen molar-refractivity contribution in [3.63, 3.8) is 0 Å². The van der Waals surface area contributed by atoms with Crippen LogP contribution in [0.15, 0.2) is 47.4 Å². The fourth-order valence-electron chi connectivity index (χ4n) is 1.67. The maximum atomic E-state index is 11.1. The van der Waals surface area contributed by atoms with Gasteiger partial charge in [0.2, 0.25) is 0 Å². The summed E-state index contributed by atoms with van der Waals surface area (Å²) in [6, 6.07) is 11.2. The van der Waals surface area contributed by atoms with Gasteiger partial charge in [0.1, 0.15) is 5.52 Å². The van der Waals surface area contributed by atoms with Gasteiger partial charge in [-0.25, -0.2) is 4.79 Å². The highest BCUT2D eigenvalue weighted by atomic mass is 16.1. The van der Waals surface area contributed by atoms with Crippen molar-refractivity contribution in [3.05, 3.63) is 53.1 Å². The summed E-state index contributed by atoms with van der Waals surface area (Å²) in [4.78, 5) is 23.1. The van der Waals surface area contributed by atoms with E-state index in [1.165, 1.54) is 0 Å². The van der Waals surface area contributed by atoms with Crippen LogP contribution in [0.25, 0.3) is 21.9 Å². The minimum Gasteiger partial charge on any atom is -0.254 e. The molecule has 2 aromatic heterocycles. The Labute approximate surface area is 90.6 Å². The maximum absolute atomic E-state index is 11.1. The molecular weight excluding hydrogens is 202 g/mol. The molecule has 0 N–H and O–H groups in total. The first kappa shape index (κ1) is 8.91. The van der Waals surface area contributed by atoms with E-state index in [0.29, 0.717) is 16.6 Å². The molecule has 4 nitrogen and oxygen atoms in total. The fraction of sp³-hybridized carbons (Fsp3) is 0. The van der Waals surface area contributed by atoms with Crippen molar-refractivity contribution in [2.24, 2.45) is 0 Å². The van der Waals surface area contributed by atoms with Crippen molar-refractivity contribution in [3.8, 4) is 0 Å². The summed E-state index contributed by atoms with van der Waals surface area (Å²) in [7, 11) is 0. The predicted octanol–water partition coefficient (Wildman–Crippen LogP) is 1.54. The lowest BCUT2D eigenvalue weighted by Crippen LogP contribution is -1.99. The molecule has 0 fully saturated rings. The molecule has 0 aliphatic heterocycles. The molecule has 0 bridgehead atoms. The Bertz CT molecular complexity index is 740. The number of fused-ring (bicyclic) bond motifs is 3. The summed E-state index contributed by atoms with van der Waals surface area (Å²) in [5, 5.41) is 0.938. The molecule has 3 aromatic rings. The summed E-state index contributed by atoms with van der Waals surface area (Å²) < 4.78 is 0. The molecule has 4 heteroatoms. The van der Waals surface area contributed by atoms with Crippen LogP contribution >= 0.6 is 0 Å². The van der Waals surface area contributed by atoms with Gasteiger partial charge >= 0.3 is 5.69 Å². The molecule has 0 spiro atoms. The predicted molar refractivity (Wildman–Crippen MR) is 61.1 cm³/mol. The molecule has 0 saturated carbocycles. The van der Waals surface area contributed by atoms with Crippen molar-refractivity contribution >= 4 is 21.9 Å². The first-order chi connectivity index (χ1) is 7.84. The van der Waals surface area contributed by atoms with Gasteiger partial charge in [-0.1, -0.05) is 24.3 Å². The van der Waals surface area contributed by atoms with E-state index in [-0.39, 0.29) is 0 Å². The first-order valence-corrected chi connectivity index (χ1v) is 4.86. The third-order valence-corrected chi connectivity index (χ3v) is 2.37. The van der Waals surface area contributed by atoms with Crippen LogP contribution in [-0.2, 0) is 0 Å². The zero-order valence-corrected chi connectivity index (χ0v) is 8.29. The van der Waals surface area contributed by atoms with Gasteiger partial charge in [0.25, 0.3) is 0 Å². The Hall–Kier alpha value is -2.36. The third kappa shape index (κ3) is 1.32. The first-order valence-electron chi connectivity index (χ1n) is 4.86.